The van der Waals surface area contributed by atoms with Crippen LogP contribution in [0.2, 0.25) is 0 Å². The van der Waals surface area contributed by atoms with Crippen molar-refractivity contribution in [1.29, 1.82) is 0 Å². The molecule has 2 amide bonds. The van der Waals surface area contributed by atoms with E-state index in [0.29, 0.717) is 11.5 Å². The van der Waals surface area contributed by atoms with Crippen LogP contribution in [0.3, 0.4) is 0 Å². The summed E-state index contributed by atoms with van der Waals surface area (Å²) in [6.45, 7) is 10.8. The van der Waals surface area contributed by atoms with E-state index in [1.54, 1.807) is 66.2 Å². The van der Waals surface area contributed by atoms with Crippen LogP contribution < -0.4 is 10.7 Å². The van der Waals surface area contributed by atoms with Crippen LogP contribution in [-0.4, -0.2) is 38.0 Å². The van der Waals surface area contributed by atoms with Gasteiger partial charge < -0.3 is 9.47 Å². The molecule has 32 heavy (non-hydrogen) atoms. The van der Waals surface area contributed by atoms with Crippen molar-refractivity contribution in [1.82, 2.24) is 14.6 Å². The van der Waals surface area contributed by atoms with Crippen LogP contribution in [0.25, 0.3) is 22.2 Å². The van der Waals surface area contributed by atoms with Gasteiger partial charge in [-0.1, -0.05) is 0 Å². The molecule has 10 heteroatoms. The van der Waals surface area contributed by atoms with Crippen molar-refractivity contribution in [2.75, 3.05) is 10.7 Å². The fraction of sp³-hybridized carbons (Fsp3) is 0.364. The van der Waals surface area contributed by atoms with Crippen LogP contribution in [0.1, 0.15) is 41.5 Å². The number of anilines is 1. The largest absolute Gasteiger partial charge is 0.444 e. The van der Waals surface area contributed by atoms with Crippen LogP contribution in [0.15, 0.2) is 41.3 Å². The average Bonchev–Trinajstić information content (AvgIpc) is 2.94. The number of fused-ring (bicyclic) bond motifs is 1. The molecule has 0 saturated heterocycles. The summed E-state index contributed by atoms with van der Waals surface area (Å²) >= 11 is 3.51. The summed E-state index contributed by atoms with van der Waals surface area (Å²) in [6, 6.07) is 5.44. The summed E-state index contributed by atoms with van der Waals surface area (Å²) in [4.78, 5) is 32.8. The quantitative estimate of drug-likeness (QED) is 0.475. The van der Waals surface area contributed by atoms with E-state index in [9.17, 15) is 9.59 Å². The highest BCUT2D eigenvalue weighted by Crippen LogP contribution is 2.29. The number of amides is 2. The molecule has 0 atom stereocenters. The predicted molar refractivity (Wildman–Crippen MR) is 126 cm³/mol. The zero-order valence-corrected chi connectivity index (χ0v) is 20.4. The number of hydrogen-bond donors (Lipinski definition) is 2. The van der Waals surface area contributed by atoms with Crippen LogP contribution in [0.4, 0.5) is 15.4 Å². The monoisotopic (exact) mass is 503 g/mol. The van der Waals surface area contributed by atoms with Gasteiger partial charge in [0.05, 0.1) is 0 Å². The molecule has 0 aliphatic rings. The second-order valence-corrected chi connectivity index (χ2v) is 9.97. The van der Waals surface area contributed by atoms with Gasteiger partial charge >= 0.3 is 12.2 Å². The molecule has 0 aromatic carbocycles. The zero-order chi connectivity index (χ0) is 23.7. The molecule has 2 N–H and O–H groups in total. The lowest BCUT2D eigenvalue weighted by Gasteiger charge is -2.20. The fourth-order valence-corrected chi connectivity index (χ4v) is 3.25. The van der Waals surface area contributed by atoms with Gasteiger partial charge in [-0.15, -0.1) is 0 Å². The summed E-state index contributed by atoms with van der Waals surface area (Å²) in [5.74, 6) is 0.380. The van der Waals surface area contributed by atoms with E-state index in [0.717, 1.165) is 21.0 Å². The Morgan fingerprint density at radius 1 is 0.938 bits per heavy atom. The van der Waals surface area contributed by atoms with E-state index < -0.39 is 23.4 Å². The van der Waals surface area contributed by atoms with Crippen molar-refractivity contribution in [2.45, 2.75) is 52.7 Å². The molecule has 9 nitrogen and oxygen atoms in total. The molecule has 0 bridgehead atoms. The Kier molecular flexibility index (Phi) is 6.45. The van der Waals surface area contributed by atoms with Crippen molar-refractivity contribution >= 4 is 45.0 Å². The SMILES string of the molecule is CC(C)(C)OC(=O)Nc1ccc(-c2cnc3c(c2)c(Br)cn3NC(=O)OC(C)(C)C)cn1. The van der Waals surface area contributed by atoms with Crippen LogP contribution in [-0.2, 0) is 9.47 Å². The number of aromatic nitrogens is 3. The third-order valence-corrected chi connectivity index (χ3v) is 4.56. The highest BCUT2D eigenvalue weighted by molar-refractivity contribution is 9.10. The predicted octanol–water partition coefficient (Wildman–Crippen LogP) is 5.69. The lowest BCUT2D eigenvalue weighted by molar-refractivity contribution is 0.0609. The molecule has 0 spiro atoms. The van der Waals surface area contributed by atoms with E-state index in [4.69, 9.17) is 9.47 Å². The summed E-state index contributed by atoms with van der Waals surface area (Å²) in [5.41, 5.74) is 3.66. The fourth-order valence-electron chi connectivity index (χ4n) is 2.76. The molecule has 0 aliphatic carbocycles. The van der Waals surface area contributed by atoms with Gasteiger partial charge in [0, 0.05) is 39.6 Å². The smallest absolute Gasteiger partial charge is 0.427 e. The molecule has 170 valence electrons. The second kappa shape index (κ2) is 8.78. The molecule has 0 fully saturated rings. The number of carbonyl (C=O) groups is 2. The maximum absolute atomic E-state index is 12.1. The molecule has 0 saturated carbocycles. The zero-order valence-electron chi connectivity index (χ0n) is 18.8. The summed E-state index contributed by atoms with van der Waals surface area (Å²) in [6.07, 6.45) is 3.88. The molecule has 3 aromatic rings. The Bertz CT molecular complexity index is 1140. The van der Waals surface area contributed by atoms with Gasteiger partial charge in [0.1, 0.15) is 17.0 Å². The maximum Gasteiger partial charge on any atom is 0.427 e. The Hall–Kier alpha value is -3.14. The first kappa shape index (κ1) is 23.5. The summed E-state index contributed by atoms with van der Waals surface area (Å²) in [7, 11) is 0. The highest BCUT2D eigenvalue weighted by Gasteiger charge is 2.19. The molecule has 0 unspecified atom stereocenters. The molecule has 3 rings (SSSR count). The van der Waals surface area contributed by atoms with Gasteiger partial charge in [0.25, 0.3) is 0 Å². The molecular formula is C22H26BrN5O4. The topological polar surface area (TPSA) is 107 Å². The molecule has 3 aromatic heterocycles. The standard InChI is InChI=1S/C22H26BrN5O4/c1-21(2,3)31-19(29)26-17-8-7-13(10-24-17)14-9-15-16(23)12-28(18(15)25-11-14)27-20(30)32-22(4,5)6/h7-12H,1-6H3,(H,27,30)(H,24,26,29). The molecule has 0 radical (unpaired) electrons. The number of nitrogens with one attached hydrogen (secondary N) is 2. The van der Waals surface area contributed by atoms with Crippen molar-refractivity contribution in [2.24, 2.45) is 0 Å². The number of carbonyl (C=O) groups excluding carboxylic acids is 2. The van der Waals surface area contributed by atoms with Gasteiger partial charge in [-0.3, -0.25) is 5.32 Å². The summed E-state index contributed by atoms with van der Waals surface area (Å²) in [5, 5.41) is 3.40. The van der Waals surface area contributed by atoms with Crippen molar-refractivity contribution in [3.8, 4) is 11.1 Å². The third-order valence-electron chi connectivity index (χ3n) is 3.93. The Morgan fingerprint density at radius 2 is 1.56 bits per heavy atom. The van der Waals surface area contributed by atoms with Crippen LogP contribution in [0, 0.1) is 0 Å². The number of ether oxygens (including phenoxy) is 2. The maximum atomic E-state index is 12.1. The van der Waals surface area contributed by atoms with Gasteiger partial charge in [-0.05, 0) is 75.7 Å². The minimum absolute atomic E-state index is 0.380. The first-order valence-corrected chi connectivity index (χ1v) is 10.7. The summed E-state index contributed by atoms with van der Waals surface area (Å²) < 4.78 is 12.8. The minimum atomic E-state index is -0.609. The van der Waals surface area contributed by atoms with E-state index in [1.807, 2.05) is 12.1 Å². The average molecular weight is 504 g/mol. The Morgan fingerprint density at radius 3 is 2.16 bits per heavy atom. The van der Waals surface area contributed by atoms with Gasteiger partial charge in [-0.2, -0.15) is 0 Å². The Labute approximate surface area is 194 Å². The van der Waals surface area contributed by atoms with E-state index in [-0.39, 0.29) is 0 Å². The lowest BCUT2D eigenvalue weighted by Crippen LogP contribution is -2.31. The number of nitrogens with zero attached hydrogens (tertiary/aromatic N) is 3. The third kappa shape index (κ3) is 6.19. The molecule has 0 aliphatic heterocycles. The van der Waals surface area contributed by atoms with Crippen molar-refractivity contribution in [3.05, 3.63) is 41.3 Å². The van der Waals surface area contributed by atoms with Gasteiger partial charge in [0.15, 0.2) is 5.65 Å². The Balaban J connectivity index is 1.78. The highest BCUT2D eigenvalue weighted by atomic mass is 79.9. The van der Waals surface area contributed by atoms with Gasteiger partial charge in [-0.25, -0.2) is 29.7 Å². The first-order valence-electron chi connectivity index (χ1n) is 9.94. The number of pyridine rings is 2. The normalized spacial score (nSPS) is 11.8. The second-order valence-electron chi connectivity index (χ2n) is 9.11. The van der Waals surface area contributed by atoms with E-state index in [1.165, 1.54) is 4.68 Å². The van der Waals surface area contributed by atoms with Crippen molar-refractivity contribution in [3.63, 3.8) is 0 Å². The van der Waals surface area contributed by atoms with E-state index in [2.05, 4.69) is 36.6 Å². The molecule has 3 heterocycles. The number of rotatable bonds is 3. The molecular weight excluding hydrogens is 478 g/mol. The first-order chi connectivity index (χ1) is 14.8. The van der Waals surface area contributed by atoms with E-state index >= 15 is 0 Å². The number of hydrogen-bond acceptors (Lipinski definition) is 6. The number of halogens is 1. The van der Waals surface area contributed by atoms with Gasteiger partial charge in [0.2, 0.25) is 0 Å². The van der Waals surface area contributed by atoms with Crippen LogP contribution in [0.5, 0.6) is 0 Å². The van der Waals surface area contributed by atoms with Crippen molar-refractivity contribution < 1.29 is 19.1 Å². The van der Waals surface area contributed by atoms with Crippen LogP contribution >= 0.6 is 15.9 Å². The minimum Gasteiger partial charge on any atom is -0.444 e. The lowest BCUT2D eigenvalue weighted by atomic mass is 10.1.